The number of hydrogen-bond acceptors (Lipinski definition) is 4. The van der Waals surface area contributed by atoms with Crippen molar-refractivity contribution in [3.8, 4) is 0 Å². The number of likely N-dealkylation sites (tertiary alicyclic amines) is 1. The molecule has 1 fully saturated rings. The van der Waals surface area contributed by atoms with E-state index in [1.807, 2.05) is 13.2 Å². The Morgan fingerprint density at radius 2 is 2.22 bits per heavy atom. The first-order chi connectivity index (χ1) is 8.44. The number of nitrogens with zero attached hydrogens (tertiary/aromatic N) is 4. The molecule has 102 valence electrons. The lowest BCUT2D eigenvalue weighted by Gasteiger charge is -2.28. The van der Waals surface area contributed by atoms with E-state index in [-0.39, 0.29) is 5.54 Å². The monoisotopic (exact) mass is 251 g/mol. The van der Waals surface area contributed by atoms with E-state index in [1.165, 1.54) is 19.4 Å². The molecule has 2 heterocycles. The molecule has 1 aliphatic rings. The summed E-state index contributed by atoms with van der Waals surface area (Å²) < 4.78 is 1.77. The zero-order chi connectivity index (χ0) is 13.2. The highest BCUT2D eigenvalue weighted by Gasteiger charge is 2.26. The van der Waals surface area contributed by atoms with Gasteiger partial charge in [-0.25, -0.2) is 0 Å². The normalized spacial score (nSPS) is 21.7. The van der Waals surface area contributed by atoms with Crippen molar-refractivity contribution in [3.05, 3.63) is 11.9 Å². The molecule has 1 atom stereocenters. The van der Waals surface area contributed by atoms with Gasteiger partial charge in [-0.15, -0.1) is 5.10 Å². The van der Waals surface area contributed by atoms with E-state index in [0.29, 0.717) is 6.04 Å². The van der Waals surface area contributed by atoms with Gasteiger partial charge in [0.15, 0.2) is 0 Å². The molecule has 0 aliphatic carbocycles. The minimum absolute atomic E-state index is 0.195. The van der Waals surface area contributed by atoms with Gasteiger partial charge in [-0.2, -0.15) is 0 Å². The third-order valence-electron chi connectivity index (χ3n) is 3.38. The SMILES string of the molecule is Cn1cc(CN2CCCC2CNC(C)(C)C)nn1. The van der Waals surface area contributed by atoms with Crippen LogP contribution in [0.25, 0.3) is 0 Å². The molecule has 1 N–H and O–H groups in total. The van der Waals surface area contributed by atoms with Crippen molar-refractivity contribution in [1.82, 2.24) is 25.2 Å². The molecule has 0 bridgehead atoms. The average molecular weight is 251 g/mol. The Labute approximate surface area is 110 Å². The molecular formula is C13H25N5. The van der Waals surface area contributed by atoms with Crippen LogP contribution in [0.1, 0.15) is 39.3 Å². The number of aromatic nitrogens is 3. The van der Waals surface area contributed by atoms with Gasteiger partial charge in [0.25, 0.3) is 0 Å². The van der Waals surface area contributed by atoms with E-state index in [1.54, 1.807) is 4.68 Å². The second-order valence-electron chi connectivity index (χ2n) is 6.28. The molecule has 5 nitrogen and oxygen atoms in total. The highest BCUT2D eigenvalue weighted by molar-refractivity contribution is 4.95. The molecule has 1 aliphatic heterocycles. The molecule has 0 aromatic carbocycles. The number of hydrogen-bond donors (Lipinski definition) is 1. The maximum absolute atomic E-state index is 4.17. The van der Waals surface area contributed by atoms with Gasteiger partial charge in [-0.1, -0.05) is 5.21 Å². The summed E-state index contributed by atoms with van der Waals surface area (Å²) in [4.78, 5) is 2.52. The van der Waals surface area contributed by atoms with E-state index in [9.17, 15) is 0 Å². The van der Waals surface area contributed by atoms with E-state index in [4.69, 9.17) is 0 Å². The van der Waals surface area contributed by atoms with E-state index < -0.39 is 0 Å². The highest BCUT2D eigenvalue weighted by Crippen LogP contribution is 2.19. The molecule has 1 saturated heterocycles. The van der Waals surface area contributed by atoms with Gasteiger partial charge in [0.2, 0.25) is 0 Å². The lowest BCUT2D eigenvalue weighted by Crippen LogP contribution is -2.45. The second-order valence-corrected chi connectivity index (χ2v) is 6.28. The smallest absolute Gasteiger partial charge is 0.0967 e. The Balaban J connectivity index is 1.87. The van der Waals surface area contributed by atoms with Crippen molar-refractivity contribution >= 4 is 0 Å². The molecule has 5 heteroatoms. The molecule has 18 heavy (non-hydrogen) atoms. The first-order valence-electron chi connectivity index (χ1n) is 6.78. The Morgan fingerprint density at radius 1 is 1.44 bits per heavy atom. The van der Waals surface area contributed by atoms with Crippen LogP contribution in [-0.2, 0) is 13.6 Å². The maximum atomic E-state index is 4.17. The number of rotatable bonds is 4. The fraction of sp³-hybridized carbons (Fsp3) is 0.846. The lowest BCUT2D eigenvalue weighted by molar-refractivity contribution is 0.223. The van der Waals surface area contributed by atoms with Crippen LogP contribution in [0.2, 0.25) is 0 Å². The van der Waals surface area contributed by atoms with Crippen molar-refractivity contribution in [1.29, 1.82) is 0 Å². The molecule has 0 radical (unpaired) electrons. The average Bonchev–Trinajstić information content (AvgIpc) is 2.85. The second kappa shape index (κ2) is 5.36. The summed E-state index contributed by atoms with van der Waals surface area (Å²) in [7, 11) is 1.92. The Bertz CT molecular complexity index is 379. The molecule has 0 saturated carbocycles. The Kier molecular flexibility index (Phi) is 4.02. The van der Waals surface area contributed by atoms with E-state index >= 15 is 0 Å². The lowest BCUT2D eigenvalue weighted by atomic mass is 10.1. The predicted octanol–water partition coefficient (Wildman–Crippen LogP) is 1.17. The number of nitrogens with one attached hydrogen (secondary N) is 1. The first-order valence-corrected chi connectivity index (χ1v) is 6.78. The third-order valence-corrected chi connectivity index (χ3v) is 3.38. The summed E-state index contributed by atoms with van der Waals surface area (Å²) in [6.07, 6.45) is 4.58. The summed E-state index contributed by atoms with van der Waals surface area (Å²) >= 11 is 0. The zero-order valence-corrected chi connectivity index (χ0v) is 12.0. The molecule has 1 aromatic rings. The van der Waals surface area contributed by atoms with Crippen LogP contribution in [-0.4, -0.2) is 44.6 Å². The highest BCUT2D eigenvalue weighted by atomic mass is 15.4. The van der Waals surface area contributed by atoms with Crippen molar-refractivity contribution < 1.29 is 0 Å². The van der Waals surface area contributed by atoms with Crippen molar-refractivity contribution in [2.24, 2.45) is 7.05 Å². The molecule has 2 rings (SSSR count). The predicted molar refractivity (Wildman–Crippen MR) is 72.2 cm³/mol. The standard InChI is InChI=1S/C13H25N5/c1-13(2,3)14-8-12-6-5-7-18(12)10-11-9-17(4)16-15-11/h9,12,14H,5-8,10H2,1-4H3. The van der Waals surface area contributed by atoms with Crippen LogP contribution in [0.5, 0.6) is 0 Å². The summed E-state index contributed by atoms with van der Waals surface area (Å²) in [5, 5.41) is 11.8. The molecular weight excluding hydrogens is 226 g/mol. The van der Waals surface area contributed by atoms with Gasteiger partial charge in [-0.05, 0) is 40.2 Å². The van der Waals surface area contributed by atoms with Gasteiger partial charge in [-0.3, -0.25) is 9.58 Å². The van der Waals surface area contributed by atoms with Crippen LogP contribution < -0.4 is 5.32 Å². The largest absolute Gasteiger partial charge is 0.311 e. The van der Waals surface area contributed by atoms with Crippen molar-refractivity contribution in [3.63, 3.8) is 0 Å². The summed E-state index contributed by atoms with van der Waals surface area (Å²) in [6.45, 7) is 9.81. The minimum atomic E-state index is 0.195. The van der Waals surface area contributed by atoms with Crippen LogP contribution in [0, 0.1) is 0 Å². The summed E-state index contributed by atoms with van der Waals surface area (Å²) in [5.74, 6) is 0. The van der Waals surface area contributed by atoms with Gasteiger partial charge in [0, 0.05) is 37.9 Å². The molecule has 1 unspecified atom stereocenters. The summed E-state index contributed by atoms with van der Waals surface area (Å²) in [5.41, 5.74) is 1.26. The van der Waals surface area contributed by atoms with Crippen molar-refractivity contribution in [2.45, 2.75) is 51.7 Å². The van der Waals surface area contributed by atoms with E-state index in [0.717, 1.165) is 18.8 Å². The van der Waals surface area contributed by atoms with Crippen LogP contribution >= 0.6 is 0 Å². The van der Waals surface area contributed by atoms with Crippen LogP contribution in [0.3, 0.4) is 0 Å². The van der Waals surface area contributed by atoms with Gasteiger partial charge in [0.1, 0.15) is 0 Å². The molecule has 0 amide bonds. The number of aryl methyl sites for hydroxylation is 1. The third kappa shape index (κ3) is 3.78. The first kappa shape index (κ1) is 13.5. The summed E-state index contributed by atoms with van der Waals surface area (Å²) in [6, 6.07) is 0.631. The van der Waals surface area contributed by atoms with Crippen LogP contribution in [0.15, 0.2) is 6.20 Å². The molecule has 0 spiro atoms. The Morgan fingerprint density at radius 3 is 2.83 bits per heavy atom. The fourth-order valence-electron chi connectivity index (χ4n) is 2.43. The van der Waals surface area contributed by atoms with Crippen LogP contribution in [0.4, 0.5) is 0 Å². The topological polar surface area (TPSA) is 46.0 Å². The Hall–Kier alpha value is -0.940. The van der Waals surface area contributed by atoms with E-state index in [2.05, 4.69) is 41.3 Å². The maximum Gasteiger partial charge on any atom is 0.0967 e. The fourth-order valence-corrected chi connectivity index (χ4v) is 2.43. The van der Waals surface area contributed by atoms with Gasteiger partial charge in [0.05, 0.1) is 5.69 Å². The zero-order valence-electron chi connectivity index (χ0n) is 12.0. The minimum Gasteiger partial charge on any atom is -0.311 e. The van der Waals surface area contributed by atoms with Gasteiger partial charge >= 0.3 is 0 Å². The van der Waals surface area contributed by atoms with Gasteiger partial charge < -0.3 is 5.32 Å². The molecule has 1 aromatic heterocycles. The van der Waals surface area contributed by atoms with Crippen molar-refractivity contribution in [2.75, 3.05) is 13.1 Å². The quantitative estimate of drug-likeness (QED) is 0.872.